The molecule has 0 saturated heterocycles. The minimum absolute atomic E-state index is 0.0929. The fraction of sp³-hybridized carbons (Fsp3) is 0.111. The molecule has 0 aliphatic heterocycles. The van der Waals surface area contributed by atoms with Crippen molar-refractivity contribution in [3.63, 3.8) is 0 Å². The lowest BCUT2D eigenvalue weighted by atomic mass is 9.88. The summed E-state index contributed by atoms with van der Waals surface area (Å²) in [7, 11) is 0. The summed E-state index contributed by atoms with van der Waals surface area (Å²) in [6.45, 7) is 0. The number of aromatic amines is 1. The Balaban J connectivity index is 2.17. The van der Waals surface area contributed by atoms with Crippen LogP contribution in [0.1, 0.15) is 17.0 Å². The molecule has 144 valence electrons. The molecule has 2 aromatic carbocycles. The Bertz CT molecular complexity index is 1140. The zero-order valence-corrected chi connectivity index (χ0v) is 17.8. The zero-order chi connectivity index (χ0) is 20.4. The summed E-state index contributed by atoms with van der Waals surface area (Å²) < 4.78 is 0.951. The van der Waals surface area contributed by atoms with E-state index in [1.54, 1.807) is 24.3 Å². The molecule has 1 atom stereocenters. The number of benzene rings is 2. The first-order chi connectivity index (χ1) is 13.3. The second kappa shape index (κ2) is 8.61. The third-order valence-electron chi connectivity index (χ3n) is 3.97. The van der Waals surface area contributed by atoms with E-state index in [0.29, 0.717) is 16.1 Å². The van der Waals surface area contributed by atoms with Crippen LogP contribution in [-0.4, -0.2) is 25.9 Å². The molecule has 1 unspecified atom stereocenters. The van der Waals surface area contributed by atoms with Gasteiger partial charge in [-0.2, -0.15) is 9.78 Å². The van der Waals surface area contributed by atoms with Crippen LogP contribution in [-0.2, 0) is 4.79 Å². The second-order valence-corrected chi connectivity index (χ2v) is 7.57. The molecule has 0 aliphatic carbocycles. The molecule has 10 heteroatoms. The lowest BCUT2D eigenvalue weighted by Crippen LogP contribution is -2.30. The van der Waals surface area contributed by atoms with Crippen molar-refractivity contribution in [2.75, 3.05) is 5.33 Å². The smallest absolute Gasteiger partial charge is 0.298 e. The third-order valence-corrected chi connectivity index (χ3v) is 5.40. The Hall–Kier alpha value is -1.93. The minimum atomic E-state index is -0.738. The first-order valence-electron chi connectivity index (χ1n) is 7.84. The number of nitrogens with zero attached hydrogens (tertiary/aromatic N) is 2. The summed E-state index contributed by atoms with van der Waals surface area (Å²) in [5.74, 6) is -0.885. The lowest BCUT2D eigenvalue weighted by molar-refractivity contribution is -0.117. The van der Waals surface area contributed by atoms with E-state index in [1.165, 1.54) is 12.1 Å². The predicted octanol–water partition coefficient (Wildman–Crippen LogP) is 3.98. The van der Waals surface area contributed by atoms with Crippen LogP contribution in [0.25, 0.3) is 5.69 Å². The standard InChI is InChI=1S/C18H11BrCl3N3O3/c19-7-14(26)16(9-1-3-10(20)4-2-9)17-12(21)5-11(6-13(17)22)25-18(28)24-15(27)8-23-25/h1-6,8,16H,7H2,(H,24,27,28). The molecule has 6 nitrogen and oxygen atoms in total. The van der Waals surface area contributed by atoms with Gasteiger partial charge in [0.1, 0.15) is 6.20 Å². The molecule has 0 fully saturated rings. The molecule has 28 heavy (non-hydrogen) atoms. The molecule has 0 saturated carbocycles. The molecule has 1 N–H and O–H groups in total. The summed E-state index contributed by atoms with van der Waals surface area (Å²) >= 11 is 22.0. The lowest BCUT2D eigenvalue weighted by Gasteiger charge is -2.20. The molecule has 1 aromatic heterocycles. The molecule has 3 rings (SSSR count). The minimum Gasteiger partial charge on any atom is -0.298 e. The summed E-state index contributed by atoms with van der Waals surface area (Å²) in [4.78, 5) is 37.9. The number of carbonyl (C=O) groups excluding carboxylic acids is 1. The fourth-order valence-electron chi connectivity index (χ4n) is 2.75. The van der Waals surface area contributed by atoms with Crippen LogP contribution in [0.4, 0.5) is 0 Å². The Kier molecular flexibility index (Phi) is 6.40. The fourth-order valence-corrected chi connectivity index (χ4v) is 3.90. The quantitative estimate of drug-likeness (QED) is 0.534. The van der Waals surface area contributed by atoms with Crippen LogP contribution in [0, 0.1) is 0 Å². The Morgan fingerprint density at radius 2 is 1.71 bits per heavy atom. The highest BCUT2D eigenvalue weighted by Crippen LogP contribution is 2.38. The zero-order valence-electron chi connectivity index (χ0n) is 14.0. The summed E-state index contributed by atoms with van der Waals surface area (Å²) in [6, 6.07) is 9.71. The average Bonchev–Trinajstić information content (AvgIpc) is 2.65. The van der Waals surface area contributed by atoms with E-state index in [-0.39, 0.29) is 26.8 Å². The number of aromatic nitrogens is 3. The number of hydrogen-bond acceptors (Lipinski definition) is 4. The number of halogens is 4. The summed E-state index contributed by atoms with van der Waals surface area (Å²) in [5.41, 5.74) is -0.0406. The Morgan fingerprint density at radius 1 is 1.11 bits per heavy atom. The van der Waals surface area contributed by atoms with Gasteiger partial charge in [-0.1, -0.05) is 62.9 Å². The van der Waals surface area contributed by atoms with Gasteiger partial charge in [0.05, 0.1) is 16.9 Å². The maximum absolute atomic E-state index is 12.6. The van der Waals surface area contributed by atoms with Crippen molar-refractivity contribution in [2.45, 2.75) is 5.92 Å². The average molecular weight is 504 g/mol. The van der Waals surface area contributed by atoms with Gasteiger partial charge < -0.3 is 0 Å². The van der Waals surface area contributed by atoms with E-state index < -0.39 is 17.2 Å². The van der Waals surface area contributed by atoms with Gasteiger partial charge in [0.2, 0.25) is 0 Å². The molecule has 3 aromatic rings. The maximum atomic E-state index is 12.6. The SMILES string of the molecule is O=C(CBr)C(c1ccc(Cl)cc1)c1c(Cl)cc(-n2ncc(=O)[nH]c2=O)cc1Cl. The molecular weight excluding hydrogens is 492 g/mol. The van der Waals surface area contributed by atoms with Crippen LogP contribution >= 0.6 is 50.7 Å². The number of H-pyrrole nitrogens is 1. The molecule has 0 amide bonds. The van der Waals surface area contributed by atoms with Gasteiger partial charge in [0.15, 0.2) is 5.78 Å². The van der Waals surface area contributed by atoms with E-state index in [0.717, 1.165) is 10.9 Å². The van der Waals surface area contributed by atoms with E-state index in [4.69, 9.17) is 34.8 Å². The third kappa shape index (κ3) is 4.22. The van der Waals surface area contributed by atoms with Crippen LogP contribution in [0.5, 0.6) is 0 Å². The number of ketones is 1. The van der Waals surface area contributed by atoms with Crippen LogP contribution in [0.3, 0.4) is 0 Å². The highest BCUT2D eigenvalue weighted by atomic mass is 79.9. The first kappa shape index (κ1) is 20.8. The topological polar surface area (TPSA) is 84.8 Å². The Morgan fingerprint density at radius 3 is 2.25 bits per heavy atom. The normalized spacial score (nSPS) is 12.0. The maximum Gasteiger partial charge on any atom is 0.349 e. The van der Waals surface area contributed by atoms with Gasteiger partial charge in [-0.25, -0.2) is 4.79 Å². The molecule has 1 heterocycles. The van der Waals surface area contributed by atoms with E-state index in [1.807, 2.05) is 0 Å². The van der Waals surface area contributed by atoms with Gasteiger partial charge in [-0.3, -0.25) is 14.6 Å². The van der Waals surface area contributed by atoms with Crippen LogP contribution in [0.2, 0.25) is 15.1 Å². The summed E-state index contributed by atoms with van der Waals surface area (Å²) in [6.07, 6.45) is 0.960. The molecule has 0 bridgehead atoms. The highest BCUT2D eigenvalue weighted by Gasteiger charge is 2.27. The van der Waals surface area contributed by atoms with E-state index in [2.05, 4.69) is 26.0 Å². The molecular formula is C18H11BrCl3N3O3. The van der Waals surface area contributed by atoms with Crippen molar-refractivity contribution in [1.82, 2.24) is 14.8 Å². The Labute approximate surface area is 182 Å². The molecule has 0 radical (unpaired) electrons. The largest absolute Gasteiger partial charge is 0.349 e. The number of carbonyl (C=O) groups is 1. The number of hydrogen-bond donors (Lipinski definition) is 1. The van der Waals surface area contributed by atoms with Crippen LogP contribution < -0.4 is 11.2 Å². The van der Waals surface area contributed by atoms with Crippen molar-refractivity contribution in [1.29, 1.82) is 0 Å². The number of rotatable bonds is 5. The molecule has 0 aliphatic rings. The van der Waals surface area contributed by atoms with Crippen molar-refractivity contribution in [3.05, 3.63) is 89.6 Å². The molecule has 0 spiro atoms. The summed E-state index contributed by atoms with van der Waals surface area (Å²) in [5, 5.41) is 4.76. The van der Waals surface area contributed by atoms with E-state index in [9.17, 15) is 14.4 Å². The number of alkyl halides is 1. The van der Waals surface area contributed by atoms with Crippen LogP contribution in [0.15, 0.2) is 52.2 Å². The van der Waals surface area contributed by atoms with Gasteiger partial charge in [0.25, 0.3) is 5.56 Å². The van der Waals surface area contributed by atoms with Gasteiger partial charge >= 0.3 is 5.69 Å². The van der Waals surface area contributed by atoms with Gasteiger partial charge in [0, 0.05) is 20.6 Å². The van der Waals surface area contributed by atoms with Crippen molar-refractivity contribution >= 4 is 56.5 Å². The van der Waals surface area contributed by atoms with Gasteiger partial charge in [-0.15, -0.1) is 0 Å². The predicted molar refractivity (Wildman–Crippen MR) is 113 cm³/mol. The van der Waals surface area contributed by atoms with Crippen molar-refractivity contribution < 1.29 is 4.79 Å². The monoisotopic (exact) mass is 501 g/mol. The number of Topliss-reactive ketones (excluding diaryl/α,β-unsaturated/α-hetero) is 1. The van der Waals surface area contributed by atoms with Crippen molar-refractivity contribution in [3.8, 4) is 5.69 Å². The van der Waals surface area contributed by atoms with Gasteiger partial charge in [-0.05, 0) is 29.8 Å². The first-order valence-corrected chi connectivity index (χ1v) is 10.1. The highest BCUT2D eigenvalue weighted by molar-refractivity contribution is 9.09. The second-order valence-electron chi connectivity index (χ2n) is 5.76. The van der Waals surface area contributed by atoms with E-state index >= 15 is 0 Å². The number of nitrogens with one attached hydrogen (secondary N) is 1. The van der Waals surface area contributed by atoms with Crippen molar-refractivity contribution in [2.24, 2.45) is 0 Å².